The number of amides is 1. The molecule has 200 valence electrons. The number of morpholine rings is 1. The van der Waals surface area contributed by atoms with Gasteiger partial charge < -0.3 is 24.4 Å². The molecule has 1 aliphatic rings. The number of aromatic amines is 1. The molecule has 13 heteroatoms. The number of rotatable bonds is 10. The summed E-state index contributed by atoms with van der Waals surface area (Å²) in [5, 5.41) is 16.2. The van der Waals surface area contributed by atoms with Crippen LogP contribution in [0.3, 0.4) is 0 Å². The van der Waals surface area contributed by atoms with Crippen molar-refractivity contribution >= 4 is 34.5 Å². The van der Waals surface area contributed by atoms with Gasteiger partial charge in [0.2, 0.25) is 0 Å². The maximum absolute atomic E-state index is 12.8. The summed E-state index contributed by atoms with van der Waals surface area (Å²) >= 11 is 1.59. The van der Waals surface area contributed by atoms with Crippen LogP contribution >= 0.6 is 11.8 Å². The number of hydrogen-bond acceptors (Lipinski definition) is 10. The van der Waals surface area contributed by atoms with Crippen LogP contribution in [0, 0.1) is 0 Å². The highest BCUT2D eigenvalue weighted by Crippen LogP contribution is 2.32. The van der Waals surface area contributed by atoms with Crippen molar-refractivity contribution in [2.45, 2.75) is 18.6 Å². The molecule has 1 saturated heterocycles. The number of hydrogen-bond donors (Lipinski definition) is 2. The molecular weight excluding hydrogens is 508 g/mol. The average Bonchev–Trinajstić information content (AvgIpc) is 3.61. The molecule has 0 aliphatic carbocycles. The lowest BCUT2D eigenvalue weighted by Gasteiger charge is -2.28. The van der Waals surface area contributed by atoms with Crippen LogP contribution in [0.25, 0.3) is 22.3 Å². The first-order chi connectivity index (χ1) is 18.6. The fourth-order valence-corrected chi connectivity index (χ4v) is 4.82. The molecule has 38 heavy (non-hydrogen) atoms. The summed E-state index contributed by atoms with van der Waals surface area (Å²) in [6.07, 6.45) is 1.80. The summed E-state index contributed by atoms with van der Waals surface area (Å²) in [7, 11) is 3.18. The van der Waals surface area contributed by atoms with Gasteiger partial charge in [-0.05, 0) is 30.0 Å². The Morgan fingerprint density at radius 2 is 2.03 bits per heavy atom. The van der Waals surface area contributed by atoms with Gasteiger partial charge in [-0.15, -0.1) is 0 Å². The Morgan fingerprint density at radius 3 is 2.79 bits per heavy atom. The standard InChI is InChI=1S/C25H30N8O4S/c1-4-38-25-28-22(32-9-11-37-12-10-32)18-15-27-33(23(18)29-25)8-7-26-24(34)20-14-19(30-31-20)17-13-16(35-2)5-6-21(17)36-3/h5-6,13-15H,4,7-12H2,1-3H3,(H,26,34)(H,30,31). The van der Waals surface area contributed by atoms with E-state index < -0.39 is 0 Å². The summed E-state index contributed by atoms with van der Waals surface area (Å²) < 4.78 is 18.1. The maximum atomic E-state index is 12.8. The summed E-state index contributed by atoms with van der Waals surface area (Å²) in [6.45, 7) is 5.78. The summed E-state index contributed by atoms with van der Waals surface area (Å²) in [5.74, 6) is 2.78. The number of fused-ring (bicyclic) bond motifs is 1. The van der Waals surface area contributed by atoms with Crippen LogP contribution in [0.5, 0.6) is 11.5 Å². The predicted octanol–water partition coefficient (Wildman–Crippen LogP) is 2.61. The van der Waals surface area contributed by atoms with E-state index in [1.165, 1.54) is 0 Å². The van der Waals surface area contributed by atoms with E-state index >= 15 is 0 Å². The van der Waals surface area contributed by atoms with Gasteiger partial charge in [0.25, 0.3) is 5.91 Å². The van der Waals surface area contributed by atoms with Crippen LogP contribution in [-0.2, 0) is 11.3 Å². The molecule has 12 nitrogen and oxygen atoms in total. The van der Waals surface area contributed by atoms with Gasteiger partial charge in [-0.3, -0.25) is 9.89 Å². The number of carbonyl (C=O) groups excluding carboxylic acids is 1. The average molecular weight is 539 g/mol. The Labute approximate surface area is 224 Å². The number of nitrogens with one attached hydrogen (secondary N) is 2. The lowest BCUT2D eigenvalue weighted by molar-refractivity contribution is 0.0947. The number of H-pyrrole nitrogens is 1. The number of anilines is 1. The van der Waals surface area contributed by atoms with Crippen LogP contribution in [0.1, 0.15) is 17.4 Å². The molecule has 0 radical (unpaired) electrons. The highest BCUT2D eigenvalue weighted by atomic mass is 32.2. The van der Waals surface area contributed by atoms with Gasteiger partial charge in [-0.1, -0.05) is 18.7 Å². The number of carbonyl (C=O) groups is 1. The fourth-order valence-electron chi connectivity index (χ4n) is 4.26. The normalized spacial score (nSPS) is 13.6. The molecule has 1 fully saturated rings. The Morgan fingerprint density at radius 1 is 1.18 bits per heavy atom. The van der Waals surface area contributed by atoms with E-state index in [1.54, 1.807) is 55.1 Å². The van der Waals surface area contributed by atoms with Crippen molar-refractivity contribution in [3.8, 4) is 22.8 Å². The second-order valence-electron chi connectivity index (χ2n) is 8.46. The largest absolute Gasteiger partial charge is 0.497 e. The van der Waals surface area contributed by atoms with Crippen molar-refractivity contribution in [3.63, 3.8) is 0 Å². The molecule has 0 spiro atoms. The summed E-state index contributed by atoms with van der Waals surface area (Å²) in [6, 6.07) is 7.11. The van der Waals surface area contributed by atoms with Gasteiger partial charge >= 0.3 is 0 Å². The van der Waals surface area contributed by atoms with E-state index in [4.69, 9.17) is 24.2 Å². The van der Waals surface area contributed by atoms with Gasteiger partial charge in [-0.25, -0.2) is 14.6 Å². The monoisotopic (exact) mass is 538 g/mol. The molecule has 4 heterocycles. The molecule has 3 aromatic heterocycles. The Kier molecular flexibility index (Phi) is 7.94. The quantitative estimate of drug-likeness (QED) is 0.229. The number of benzene rings is 1. The zero-order valence-electron chi connectivity index (χ0n) is 21.6. The second-order valence-corrected chi connectivity index (χ2v) is 9.69. The molecular formula is C25H30N8O4S. The van der Waals surface area contributed by atoms with E-state index in [-0.39, 0.29) is 5.91 Å². The SMILES string of the molecule is CCSc1nc(N2CCOCC2)c2cnn(CCNC(=O)c3cc(-c4cc(OC)ccc4OC)n[nH]3)c2n1. The number of nitrogens with zero attached hydrogens (tertiary/aromatic N) is 6. The summed E-state index contributed by atoms with van der Waals surface area (Å²) in [5.41, 5.74) is 2.40. The molecule has 0 bridgehead atoms. The highest BCUT2D eigenvalue weighted by Gasteiger charge is 2.20. The molecule has 0 atom stereocenters. The number of methoxy groups -OCH3 is 2. The first-order valence-corrected chi connectivity index (χ1v) is 13.3. The fraction of sp³-hybridized carbons (Fsp3) is 0.400. The Bertz CT molecular complexity index is 1420. The molecule has 0 unspecified atom stereocenters. The first kappa shape index (κ1) is 25.8. The van der Waals surface area contributed by atoms with Gasteiger partial charge in [0.05, 0.1) is 51.3 Å². The van der Waals surface area contributed by atoms with Crippen molar-refractivity contribution in [2.75, 3.05) is 57.7 Å². The van der Waals surface area contributed by atoms with Crippen LogP contribution in [0.15, 0.2) is 35.6 Å². The third-order valence-corrected chi connectivity index (χ3v) is 6.88. The van der Waals surface area contributed by atoms with E-state index in [1.807, 2.05) is 6.07 Å². The van der Waals surface area contributed by atoms with E-state index in [9.17, 15) is 4.79 Å². The number of thioether (sulfide) groups is 1. The zero-order chi connectivity index (χ0) is 26.5. The van der Waals surface area contributed by atoms with Crippen LogP contribution in [0.2, 0.25) is 0 Å². The first-order valence-electron chi connectivity index (χ1n) is 12.4. The second kappa shape index (κ2) is 11.7. The smallest absolute Gasteiger partial charge is 0.269 e. The highest BCUT2D eigenvalue weighted by molar-refractivity contribution is 7.99. The topological polar surface area (TPSA) is 132 Å². The van der Waals surface area contributed by atoms with E-state index in [0.29, 0.717) is 54.3 Å². The van der Waals surface area contributed by atoms with Crippen molar-refractivity contribution in [2.24, 2.45) is 0 Å². The van der Waals surface area contributed by atoms with Gasteiger partial charge in [0, 0.05) is 25.2 Å². The van der Waals surface area contributed by atoms with Gasteiger partial charge in [-0.2, -0.15) is 10.2 Å². The minimum Gasteiger partial charge on any atom is -0.497 e. The van der Waals surface area contributed by atoms with E-state index in [0.717, 1.165) is 41.3 Å². The predicted molar refractivity (Wildman–Crippen MR) is 144 cm³/mol. The molecule has 1 amide bonds. The summed E-state index contributed by atoms with van der Waals surface area (Å²) in [4.78, 5) is 24.6. The zero-order valence-corrected chi connectivity index (χ0v) is 22.4. The Balaban J connectivity index is 1.29. The molecule has 4 aromatic rings. The third-order valence-electron chi connectivity index (χ3n) is 6.15. The number of ether oxygens (including phenoxy) is 3. The lowest BCUT2D eigenvalue weighted by Crippen LogP contribution is -2.37. The van der Waals surface area contributed by atoms with Crippen LogP contribution in [0.4, 0.5) is 5.82 Å². The lowest BCUT2D eigenvalue weighted by atomic mass is 10.1. The van der Waals surface area contributed by atoms with Crippen molar-refractivity contribution < 1.29 is 19.0 Å². The number of aromatic nitrogens is 6. The van der Waals surface area contributed by atoms with Gasteiger partial charge in [0.15, 0.2) is 10.8 Å². The molecule has 1 aromatic carbocycles. The molecule has 2 N–H and O–H groups in total. The minimum absolute atomic E-state index is 0.270. The minimum atomic E-state index is -0.270. The van der Waals surface area contributed by atoms with E-state index in [2.05, 4.69) is 32.4 Å². The molecule has 5 rings (SSSR count). The molecule has 0 saturated carbocycles. The van der Waals surface area contributed by atoms with Crippen molar-refractivity contribution in [1.29, 1.82) is 0 Å². The van der Waals surface area contributed by atoms with Crippen molar-refractivity contribution in [1.82, 2.24) is 35.3 Å². The Hall–Kier alpha value is -3.84. The molecule has 1 aliphatic heterocycles. The van der Waals surface area contributed by atoms with Crippen molar-refractivity contribution in [3.05, 3.63) is 36.2 Å². The van der Waals surface area contributed by atoms with Crippen LogP contribution in [-0.4, -0.2) is 88.7 Å². The third kappa shape index (κ3) is 5.38. The van der Waals surface area contributed by atoms with Gasteiger partial charge in [0.1, 0.15) is 23.0 Å². The van der Waals surface area contributed by atoms with Crippen LogP contribution < -0.4 is 19.7 Å². The maximum Gasteiger partial charge on any atom is 0.269 e.